The number of anilines is 2. The fourth-order valence-electron chi connectivity index (χ4n) is 1.95. The van der Waals surface area contributed by atoms with Crippen molar-refractivity contribution in [1.29, 1.82) is 5.26 Å². The quantitative estimate of drug-likeness (QED) is 0.767. The van der Waals surface area contributed by atoms with E-state index >= 15 is 0 Å². The summed E-state index contributed by atoms with van der Waals surface area (Å²) in [6.07, 6.45) is 6.18. The number of amides is 1. The van der Waals surface area contributed by atoms with Crippen LogP contribution in [0.15, 0.2) is 36.7 Å². The third-order valence-corrected chi connectivity index (χ3v) is 3.25. The van der Waals surface area contributed by atoms with Gasteiger partial charge in [0.1, 0.15) is 0 Å². The third-order valence-electron chi connectivity index (χ3n) is 3.25. The molecule has 0 atom stereocenters. The molecular weight excluding hydrogens is 290 g/mol. The number of benzene rings is 1. The molecule has 2 rings (SSSR count). The largest absolute Gasteiger partial charge is 0.352 e. The van der Waals surface area contributed by atoms with E-state index in [1.165, 1.54) is 12.4 Å². The molecule has 118 valence electrons. The van der Waals surface area contributed by atoms with Crippen molar-refractivity contribution in [1.82, 2.24) is 15.3 Å². The Morgan fingerprint density at radius 3 is 2.48 bits per heavy atom. The zero-order valence-corrected chi connectivity index (χ0v) is 13.0. The van der Waals surface area contributed by atoms with Gasteiger partial charge in [0, 0.05) is 24.6 Å². The molecule has 6 nitrogen and oxygen atoms in total. The number of rotatable bonds is 7. The first kappa shape index (κ1) is 16.4. The summed E-state index contributed by atoms with van der Waals surface area (Å²) in [7, 11) is 0. The molecule has 0 bridgehead atoms. The Kier molecular flexibility index (Phi) is 6.07. The number of hydrogen-bond acceptors (Lipinski definition) is 5. The normalized spacial score (nSPS) is 9.91. The fourth-order valence-corrected chi connectivity index (χ4v) is 1.95. The van der Waals surface area contributed by atoms with E-state index in [4.69, 9.17) is 5.26 Å². The van der Waals surface area contributed by atoms with E-state index in [1.54, 1.807) is 24.3 Å². The molecule has 0 radical (unpaired) electrons. The van der Waals surface area contributed by atoms with Gasteiger partial charge in [-0.1, -0.05) is 19.8 Å². The van der Waals surface area contributed by atoms with Gasteiger partial charge < -0.3 is 10.6 Å². The Morgan fingerprint density at radius 2 is 1.87 bits per heavy atom. The molecule has 0 saturated carbocycles. The second-order valence-corrected chi connectivity index (χ2v) is 5.07. The second kappa shape index (κ2) is 8.49. The summed E-state index contributed by atoms with van der Waals surface area (Å²) >= 11 is 0. The predicted octanol–water partition coefficient (Wildman–Crippen LogP) is 3.01. The van der Waals surface area contributed by atoms with Gasteiger partial charge in [0.2, 0.25) is 5.95 Å². The van der Waals surface area contributed by atoms with E-state index in [2.05, 4.69) is 33.6 Å². The van der Waals surface area contributed by atoms with Gasteiger partial charge in [0.05, 0.1) is 17.2 Å². The maximum atomic E-state index is 11.9. The lowest BCUT2D eigenvalue weighted by Gasteiger charge is -2.06. The van der Waals surface area contributed by atoms with Crippen molar-refractivity contribution in [3.63, 3.8) is 0 Å². The summed E-state index contributed by atoms with van der Waals surface area (Å²) in [5.41, 5.74) is 1.80. The van der Waals surface area contributed by atoms with Gasteiger partial charge in [-0.05, 0) is 30.7 Å². The number of nitrogens with one attached hydrogen (secondary N) is 2. The molecule has 0 unspecified atom stereocenters. The number of nitrogens with zero attached hydrogens (tertiary/aromatic N) is 3. The highest BCUT2D eigenvalue weighted by atomic mass is 16.1. The average Bonchev–Trinajstić information content (AvgIpc) is 2.60. The third kappa shape index (κ3) is 5.08. The zero-order valence-electron chi connectivity index (χ0n) is 13.0. The standard InChI is InChI=1S/C17H19N5O/c1-2-3-4-9-19-16(23)14-11-20-17(21-12-14)22-15-7-5-13(10-18)6-8-15/h5-8,11-12H,2-4,9H2,1H3,(H,19,23)(H,20,21,22). The number of hydrogen-bond donors (Lipinski definition) is 2. The van der Waals surface area contributed by atoms with Crippen LogP contribution in [-0.4, -0.2) is 22.4 Å². The summed E-state index contributed by atoms with van der Waals surface area (Å²) < 4.78 is 0. The Balaban J connectivity index is 1.90. The Labute approximate surface area is 135 Å². The van der Waals surface area contributed by atoms with E-state index in [9.17, 15) is 4.79 Å². The monoisotopic (exact) mass is 309 g/mol. The highest BCUT2D eigenvalue weighted by molar-refractivity contribution is 5.93. The van der Waals surface area contributed by atoms with Crippen molar-refractivity contribution < 1.29 is 4.79 Å². The smallest absolute Gasteiger partial charge is 0.254 e. The topological polar surface area (TPSA) is 90.7 Å². The molecule has 23 heavy (non-hydrogen) atoms. The number of nitriles is 1. The average molecular weight is 309 g/mol. The van der Waals surface area contributed by atoms with Crippen LogP contribution >= 0.6 is 0 Å². The van der Waals surface area contributed by atoms with Gasteiger partial charge in [-0.2, -0.15) is 5.26 Å². The SMILES string of the molecule is CCCCCNC(=O)c1cnc(Nc2ccc(C#N)cc2)nc1. The molecule has 2 N–H and O–H groups in total. The lowest BCUT2D eigenvalue weighted by Crippen LogP contribution is -2.24. The van der Waals surface area contributed by atoms with Crippen LogP contribution < -0.4 is 10.6 Å². The molecule has 1 aromatic carbocycles. The molecule has 0 aliphatic heterocycles. The van der Waals surface area contributed by atoms with Crippen molar-refractivity contribution in [3.05, 3.63) is 47.8 Å². The number of aromatic nitrogens is 2. The van der Waals surface area contributed by atoms with Crippen LogP contribution in [0.3, 0.4) is 0 Å². The van der Waals surface area contributed by atoms with Gasteiger partial charge in [-0.15, -0.1) is 0 Å². The van der Waals surface area contributed by atoms with E-state index < -0.39 is 0 Å². The summed E-state index contributed by atoms with van der Waals surface area (Å²) in [5, 5.41) is 14.6. The highest BCUT2D eigenvalue weighted by Gasteiger charge is 2.06. The highest BCUT2D eigenvalue weighted by Crippen LogP contribution is 2.13. The number of carbonyl (C=O) groups excluding carboxylic acids is 1. The van der Waals surface area contributed by atoms with E-state index in [-0.39, 0.29) is 5.91 Å². The second-order valence-electron chi connectivity index (χ2n) is 5.07. The Bertz CT molecular complexity index is 674. The van der Waals surface area contributed by atoms with Gasteiger partial charge >= 0.3 is 0 Å². The summed E-state index contributed by atoms with van der Waals surface area (Å²) in [4.78, 5) is 20.2. The lowest BCUT2D eigenvalue weighted by molar-refractivity contribution is 0.0952. The van der Waals surface area contributed by atoms with Crippen LogP contribution in [0, 0.1) is 11.3 Å². The minimum Gasteiger partial charge on any atom is -0.352 e. The molecule has 1 heterocycles. The van der Waals surface area contributed by atoms with Gasteiger partial charge in [0.25, 0.3) is 5.91 Å². The summed E-state index contributed by atoms with van der Waals surface area (Å²) in [6.45, 7) is 2.78. The molecule has 1 amide bonds. The Hall–Kier alpha value is -2.94. The van der Waals surface area contributed by atoms with Crippen LogP contribution in [0.4, 0.5) is 11.6 Å². The molecule has 1 aromatic heterocycles. The first-order chi connectivity index (χ1) is 11.2. The lowest BCUT2D eigenvalue weighted by atomic mass is 10.2. The Morgan fingerprint density at radius 1 is 1.17 bits per heavy atom. The van der Waals surface area contributed by atoms with Crippen LogP contribution in [0.5, 0.6) is 0 Å². The maximum absolute atomic E-state index is 11.9. The van der Waals surface area contributed by atoms with Gasteiger partial charge in [-0.25, -0.2) is 9.97 Å². The molecule has 2 aromatic rings. The van der Waals surface area contributed by atoms with Crippen molar-refractivity contribution in [2.45, 2.75) is 26.2 Å². The predicted molar refractivity (Wildman–Crippen MR) is 88.3 cm³/mol. The van der Waals surface area contributed by atoms with Crippen LogP contribution in [-0.2, 0) is 0 Å². The number of unbranched alkanes of at least 4 members (excludes halogenated alkanes) is 2. The van der Waals surface area contributed by atoms with Crippen molar-refractivity contribution in [2.24, 2.45) is 0 Å². The van der Waals surface area contributed by atoms with Crippen molar-refractivity contribution in [2.75, 3.05) is 11.9 Å². The summed E-state index contributed by atoms with van der Waals surface area (Å²) in [6, 6.07) is 9.02. The molecule has 0 spiro atoms. The number of carbonyl (C=O) groups is 1. The molecule has 0 aliphatic rings. The molecular formula is C17H19N5O. The van der Waals surface area contributed by atoms with Crippen LogP contribution in [0.2, 0.25) is 0 Å². The van der Waals surface area contributed by atoms with E-state index in [0.29, 0.717) is 23.6 Å². The molecule has 0 saturated heterocycles. The van der Waals surface area contributed by atoms with Gasteiger partial charge in [0.15, 0.2) is 0 Å². The van der Waals surface area contributed by atoms with Gasteiger partial charge in [-0.3, -0.25) is 4.79 Å². The molecule has 6 heteroatoms. The van der Waals surface area contributed by atoms with E-state index in [0.717, 1.165) is 24.9 Å². The van der Waals surface area contributed by atoms with Crippen molar-refractivity contribution >= 4 is 17.5 Å². The van der Waals surface area contributed by atoms with Crippen LogP contribution in [0.1, 0.15) is 42.1 Å². The van der Waals surface area contributed by atoms with E-state index in [1.807, 2.05) is 0 Å². The van der Waals surface area contributed by atoms with Crippen LogP contribution in [0.25, 0.3) is 0 Å². The minimum atomic E-state index is -0.161. The maximum Gasteiger partial charge on any atom is 0.254 e. The first-order valence-electron chi connectivity index (χ1n) is 7.60. The first-order valence-corrected chi connectivity index (χ1v) is 7.60. The van der Waals surface area contributed by atoms with Crippen molar-refractivity contribution in [3.8, 4) is 6.07 Å². The zero-order chi connectivity index (χ0) is 16.5. The molecule has 0 aliphatic carbocycles. The minimum absolute atomic E-state index is 0.161. The fraction of sp³-hybridized carbons (Fsp3) is 0.294. The molecule has 0 fully saturated rings. The summed E-state index contributed by atoms with van der Waals surface area (Å²) in [5.74, 6) is 0.239.